The van der Waals surface area contributed by atoms with Gasteiger partial charge in [-0.25, -0.2) is 18.1 Å². The van der Waals surface area contributed by atoms with Crippen LogP contribution in [0.3, 0.4) is 0 Å². The second-order valence-corrected chi connectivity index (χ2v) is 6.15. The summed E-state index contributed by atoms with van der Waals surface area (Å²) < 4.78 is 26.5. The van der Waals surface area contributed by atoms with Gasteiger partial charge < -0.3 is 10.7 Å². The molecule has 1 heterocycles. The van der Waals surface area contributed by atoms with Crippen molar-refractivity contribution in [3.05, 3.63) is 40.4 Å². The fourth-order valence-corrected chi connectivity index (χ4v) is 3.14. The second-order valence-electron chi connectivity index (χ2n) is 3.63. The van der Waals surface area contributed by atoms with Crippen molar-refractivity contribution in [2.75, 3.05) is 5.73 Å². The molecule has 102 valence electrons. The Morgan fingerprint density at radius 2 is 2.11 bits per heavy atom. The van der Waals surface area contributed by atoms with Crippen LogP contribution < -0.4 is 10.5 Å². The van der Waals surface area contributed by atoms with Crippen molar-refractivity contribution in [3.8, 4) is 0 Å². The Balaban J connectivity index is 2.27. The van der Waals surface area contributed by atoms with Crippen LogP contribution in [-0.2, 0) is 16.6 Å². The lowest BCUT2D eigenvalue weighted by Crippen LogP contribution is -2.24. The highest BCUT2D eigenvalue weighted by atomic mass is 35.5. The molecule has 0 saturated carbocycles. The summed E-state index contributed by atoms with van der Waals surface area (Å²) in [6, 6.07) is 2.68. The largest absolute Gasteiger partial charge is 0.396 e. The molecule has 0 atom stereocenters. The molecule has 0 aliphatic rings. The Kier molecular flexibility index (Phi) is 4.00. The van der Waals surface area contributed by atoms with Gasteiger partial charge in [0.05, 0.1) is 22.3 Å². The van der Waals surface area contributed by atoms with Crippen molar-refractivity contribution in [1.29, 1.82) is 0 Å². The normalized spacial score (nSPS) is 11.7. The third-order valence-electron chi connectivity index (χ3n) is 2.37. The van der Waals surface area contributed by atoms with Crippen molar-refractivity contribution < 1.29 is 8.42 Å². The van der Waals surface area contributed by atoms with E-state index in [4.69, 9.17) is 28.9 Å². The first kappa shape index (κ1) is 14.1. The minimum Gasteiger partial charge on any atom is -0.396 e. The van der Waals surface area contributed by atoms with Crippen LogP contribution in [0.15, 0.2) is 29.4 Å². The number of nitrogens with one attached hydrogen (secondary N) is 2. The molecule has 0 spiro atoms. The van der Waals surface area contributed by atoms with Crippen LogP contribution in [0.4, 0.5) is 5.69 Å². The average molecular weight is 321 g/mol. The number of sulfonamides is 1. The Morgan fingerprint density at radius 1 is 1.37 bits per heavy atom. The van der Waals surface area contributed by atoms with Crippen LogP contribution in [0.2, 0.25) is 10.0 Å². The molecule has 9 heteroatoms. The van der Waals surface area contributed by atoms with Crippen molar-refractivity contribution >= 4 is 38.9 Å². The molecule has 2 rings (SSSR count). The smallest absolute Gasteiger partial charge is 0.242 e. The molecule has 0 aliphatic heterocycles. The van der Waals surface area contributed by atoms with E-state index in [9.17, 15) is 8.42 Å². The Labute approximate surface area is 120 Å². The van der Waals surface area contributed by atoms with Crippen LogP contribution in [0.1, 0.15) is 5.82 Å². The molecule has 1 aromatic heterocycles. The van der Waals surface area contributed by atoms with E-state index in [1.165, 1.54) is 18.3 Å². The molecule has 0 radical (unpaired) electrons. The molecule has 19 heavy (non-hydrogen) atoms. The number of hydrogen-bond donors (Lipinski definition) is 3. The van der Waals surface area contributed by atoms with Gasteiger partial charge in [0.25, 0.3) is 0 Å². The van der Waals surface area contributed by atoms with Gasteiger partial charge in [-0.3, -0.25) is 0 Å². The number of rotatable bonds is 4. The SMILES string of the molecule is Nc1c(Cl)ccc(S(=O)(=O)NCc2ncc[nH]2)c1Cl. The number of nitrogen functional groups attached to an aromatic ring is 1. The number of halogens is 2. The standard InChI is InChI=1S/C10H10Cl2N4O2S/c11-6-1-2-7(9(12)10(6)13)19(17,18)16-5-8-14-3-4-15-8/h1-4,16H,5,13H2,(H,14,15). The maximum absolute atomic E-state index is 12.1. The van der Waals surface area contributed by atoms with Gasteiger partial charge in [-0.15, -0.1) is 0 Å². The van der Waals surface area contributed by atoms with E-state index in [1.807, 2.05) is 0 Å². The lowest BCUT2D eigenvalue weighted by molar-refractivity contribution is 0.579. The van der Waals surface area contributed by atoms with Crippen LogP contribution in [0, 0.1) is 0 Å². The van der Waals surface area contributed by atoms with Gasteiger partial charge in [-0.05, 0) is 12.1 Å². The molecule has 0 aliphatic carbocycles. The molecular formula is C10H10Cl2N4O2S. The van der Waals surface area contributed by atoms with Crippen LogP contribution in [-0.4, -0.2) is 18.4 Å². The average Bonchev–Trinajstić information content (AvgIpc) is 2.86. The first-order valence-corrected chi connectivity index (χ1v) is 7.37. The number of imidazole rings is 1. The van der Waals surface area contributed by atoms with E-state index in [0.29, 0.717) is 5.82 Å². The third-order valence-corrected chi connectivity index (χ3v) is 4.66. The number of nitrogens with zero attached hydrogens (tertiary/aromatic N) is 1. The maximum Gasteiger partial charge on any atom is 0.242 e. The van der Waals surface area contributed by atoms with E-state index in [2.05, 4.69) is 14.7 Å². The van der Waals surface area contributed by atoms with Gasteiger partial charge in [-0.1, -0.05) is 23.2 Å². The minimum absolute atomic E-state index is 0.0220. The molecule has 0 saturated heterocycles. The van der Waals surface area contributed by atoms with E-state index in [1.54, 1.807) is 6.20 Å². The highest BCUT2D eigenvalue weighted by Crippen LogP contribution is 2.32. The Morgan fingerprint density at radius 3 is 2.74 bits per heavy atom. The monoisotopic (exact) mass is 320 g/mol. The highest BCUT2D eigenvalue weighted by molar-refractivity contribution is 7.89. The van der Waals surface area contributed by atoms with Crippen molar-refractivity contribution in [2.24, 2.45) is 0 Å². The van der Waals surface area contributed by atoms with E-state index >= 15 is 0 Å². The number of anilines is 1. The van der Waals surface area contributed by atoms with Crippen LogP contribution in [0.25, 0.3) is 0 Å². The number of benzene rings is 1. The van der Waals surface area contributed by atoms with Gasteiger partial charge in [0.2, 0.25) is 10.0 Å². The van der Waals surface area contributed by atoms with Crippen molar-refractivity contribution in [3.63, 3.8) is 0 Å². The van der Waals surface area contributed by atoms with Crippen LogP contribution >= 0.6 is 23.2 Å². The van der Waals surface area contributed by atoms with Crippen molar-refractivity contribution in [1.82, 2.24) is 14.7 Å². The molecule has 0 bridgehead atoms. The van der Waals surface area contributed by atoms with E-state index in [0.717, 1.165) is 0 Å². The summed E-state index contributed by atoms with van der Waals surface area (Å²) in [5.41, 5.74) is 5.63. The topological polar surface area (TPSA) is 101 Å². The van der Waals surface area contributed by atoms with Gasteiger partial charge in [0.1, 0.15) is 10.7 Å². The lowest BCUT2D eigenvalue weighted by Gasteiger charge is -2.09. The zero-order valence-corrected chi connectivity index (χ0v) is 11.9. The van der Waals surface area contributed by atoms with E-state index in [-0.39, 0.29) is 27.2 Å². The van der Waals surface area contributed by atoms with Gasteiger partial charge in [-0.2, -0.15) is 0 Å². The summed E-state index contributed by atoms with van der Waals surface area (Å²) in [6.07, 6.45) is 3.12. The summed E-state index contributed by atoms with van der Waals surface area (Å²) in [4.78, 5) is 6.56. The predicted molar refractivity (Wildman–Crippen MR) is 73.5 cm³/mol. The molecule has 6 nitrogen and oxygen atoms in total. The van der Waals surface area contributed by atoms with Crippen LogP contribution in [0.5, 0.6) is 0 Å². The zero-order chi connectivity index (χ0) is 14.0. The maximum atomic E-state index is 12.1. The van der Waals surface area contributed by atoms with Gasteiger partial charge in [0.15, 0.2) is 0 Å². The fourth-order valence-electron chi connectivity index (χ4n) is 1.39. The number of hydrogen-bond acceptors (Lipinski definition) is 4. The second kappa shape index (κ2) is 5.38. The number of nitrogens with two attached hydrogens (primary N) is 1. The first-order valence-electron chi connectivity index (χ1n) is 5.13. The minimum atomic E-state index is -3.79. The number of aromatic amines is 1. The Hall–Kier alpha value is -1.28. The van der Waals surface area contributed by atoms with Gasteiger partial charge >= 0.3 is 0 Å². The predicted octanol–water partition coefficient (Wildman–Crippen LogP) is 1.78. The molecule has 0 amide bonds. The van der Waals surface area contributed by atoms with E-state index < -0.39 is 10.0 Å². The van der Waals surface area contributed by atoms with Gasteiger partial charge in [0, 0.05) is 12.4 Å². The van der Waals surface area contributed by atoms with Crippen molar-refractivity contribution in [2.45, 2.75) is 11.4 Å². The summed E-state index contributed by atoms with van der Waals surface area (Å²) in [7, 11) is -3.79. The molecule has 0 unspecified atom stereocenters. The zero-order valence-electron chi connectivity index (χ0n) is 9.52. The lowest BCUT2D eigenvalue weighted by atomic mass is 10.3. The summed E-state index contributed by atoms with van der Waals surface area (Å²) >= 11 is 11.6. The molecule has 0 fully saturated rings. The molecule has 1 aromatic carbocycles. The third kappa shape index (κ3) is 3.01. The summed E-state index contributed by atoms with van der Waals surface area (Å²) in [5.74, 6) is 0.488. The number of aromatic nitrogens is 2. The highest BCUT2D eigenvalue weighted by Gasteiger charge is 2.20. The molecule has 2 aromatic rings. The summed E-state index contributed by atoms with van der Waals surface area (Å²) in [5, 5.41) is 0.106. The molecular weight excluding hydrogens is 311 g/mol. The summed E-state index contributed by atoms with van der Waals surface area (Å²) in [6.45, 7) is 0.0220. The Bertz CT molecular complexity index is 686. The molecule has 4 N–H and O–H groups in total. The first-order chi connectivity index (χ1) is 8.92. The fraction of sp³-hybridized carbons (Fsp3) is 0.100. The number of H-pyrrole nitrogens is 1. The quantitative estimate of drug-likeness (QED) is 0.747.